The van der Waals surface area contributed by atoms with Crippen LogP contribution >= 0.6 is 15.9 Å². The summed E-state index contributed by atoms with van der Waals surface area (Å²) in [6, 6.07) is 3.57. The highest BCUT2D eigenvalue weighted by molar-refractivity contribution is 9.10. The SMILES string of the molecule is CCC(CC)N(C)S(=O)(=O)c1cc(CN)cc(C)c1Br. The van der Waals surface area contributed by atoms with Crippen molar-refractivity contribution in [3.8, 4) is 0 Å². The highest BCUT2D eigenvalue weighted by atomic mass is 79.9. The molecule has 2 N–H and O–H groups in total. The number of nitrogens with two attached hydrogens (primary N) is 1. The monoisotopic (exact) mass is 362 g/mol. The Morgan fingerprint density at radius 2 is 1.85 bits per heavy atom. The van der Waals surface area contributed by atoms with Crippen molar-refractivity contribution in [1.82, 2.24) is 4.31 Å². The van der Waals surface area contributed by atoms with Crippen LogP contribution in [0.25, 0.3) is 0 Å². The van der Waals surface area contributed by atoms with Crippen LogP contribution in [-0.4, -0.2) is 25.8 Å². The molecule has 0 saturated carbocycles. The topological polar surface area (TPSA) is 63.4 Å². The van der Waals surface area contributed by atoms with Gasteiger partial charge in [0.1, 0.15) is 0 Å². The maximum Gasteiger partial charge on any atom is 0.244 e. The molecular weight excluding hydrogens is 340 g/mol. The molecule has 0 atom stereocenters. The number of aryl methyl sites for hydroxylation is 1. The fraction of sp³-hybridized carbons (Fsp3) is 0.571. The van der Waals surface area contributed by atoms with Gasteiger partial charge >= 0.3 is 0 Å². The predicted octanol–water partition coefficient (Wildman–Crippen LogP) is 3.03. The van der Waals surface area contributed by atoms with E-state index in [9.17, 15) is 8.42 Å². The molecule has 0 bridgehead atoms. The maximum absolute atomic E-state index is 12.8. The van der Waals surface area contributed by atoms with E-state index >= 15 is 0 Å². The highest BCUT2D eigenvalue weighted by Crippen LogP contribution is 2.30. The average Bonchev–Trinajstić information content (AvgIpc) is 2.42. The van der Waals surface area contributed by atoms with Crippen LogP contribution < -0.4 is 5.73 Å². The second-order valence-corrected chi connectivity index (χ2v) is 7.68. The molecule has 0 aliphatic rings. The first-order valence-corrected chi connectivity index (χ1v) is 8.99. The Morgan fingerprint density at radius 1 is 1.30 bits per heavy atom. The van der Waals surface area contributed by atoms with Crippen molar-refractivity contribution in [3.05, 3.63) is 27.7 Å². The summed E-state index contributed by atoms with van der Waals surface area (Å²) in [5.41, 5.74) is 7.35. The Bertz CT molecular complexity index is 569. The van der Waals surface area contributed by atoms with E-state index in [-0.39, 0.29) is 6.04 Å². The Hall–Kier alpha value is -0.430. The van der Waals surface area contributed by atoms with Crippen molar-refractivity contribution >= 4 is 26.0 Å². The lowest BCUT2D eigenvalue weighted by molar-refractivity contribution is 0.349. The minimum atomic E-state index is -3.52. The summed E-state index contributed by atoms with van der Waals surface area (Å²) in [5.74, 6) is 0. The van der Waals surface area contributed by atoms with Crippen molar-refractivity contribution < 1.29 is 8.42 Å². The number of nitrogens with zero attached hydrogens (tertiary/aromatic N) is 1. The summed E-state index contributed by atoms with van der Waals surface area (Å²) in [7, 11) is -1.87. The summed E-state index contributed by atoms with van der Waals surface area (Å²) in [6.45, 7) is 6.19. The Balaban J connectivity index is 3.38. The summed E-state index contributed by atoms with van der Waals surface area (Å²) < 4.78 is 27.7. The first kappa shape index (κ1) is 17.6. The second-order valence-electron chi connectivity index (χ2n) is 4.92. The van der Waals surface area contributed by atoms with E-state index in [0.29, 0.717) is 15.9 Å². The van der Waals surface area contributed by atoms with Crippen LogP contribution in [-0.2, 0) is 16.6 Å². The molecule has 0 aliphatic carbocycles. The van der Waals surface area contributed by atoms with E-state index in [2.05, 4.69) is 15.9 Å². The zero-order valence-electron chi connectivity index (χ0n) is 12.5. The second kappa shape index (κ2) is 7.02. The fourth-order valence-electron chi connectivity index (χ4n) is 2.27. The lowest BCUT2D eigenvalue weighted by atomic mass is 10.1. The van der Waals surface area contributed by atoms with Gasteiger partial charge in [-0.05, 0) is 52.9 Å². The van der Waals surface area contributed by atoms with Crippen LogP contribution in [0.5, 0.6) is 0 Å². The van der Waals surface area contributed by atoms with Gasteiger partial charge in [0.15, 0.2) is 0 Å². The molecule has 0 fully saturated rings. The van der Waals surface area contributed by atoms with Crippen molar-refractivity contribution in [2.45, 2.75) is 51.1 Å². The van der Waals surface area contributed by atoms with Crippen molar-refractivity contribution in [3.63, 3.8) is 0 Å². The van der Waals surface area contributed by atoms with E-state index in [1.165, 1.54) is 4.31 Å². The first-order valence-electron chi connectivity index (χ1n) is 6.76. The minimum Gasteiger partial charge on any atom is -0.326 e. The van der Waals surface area contributed by atoms with Gasteiger partial charge in [0.2, 0.25) is 10.0 Å². The number of hydrogen-bond donors (Lipinski definition) is 1. The average molecular weight is 363 g/mol. The Morgan fingerprint density at radius 3 is 2.30 bits per heavy atom. The molecule has 0 spiro atoms. The number of sulfonamides is 1. The summed E-state index contributed by atoms with van der Waals surface area (Å²) in [4.78, 5) is 0.298. The normalized spacial score (nSPS) is 12.4. The van der Waals surface area contributed by atoms with Crippen molar-refractivity contribution in [1.29, 1.82) is 0 Å². The molecule has 0 aliphatic heterocycles. The van der Waals surface area contributed by atoms with Gasteiger partial charge in [-0.1, -0.05) is 19.9 Å². The lowest BCUT2D eigenvalue weighted by Crippen LogP contribution is -2.36. The molecule has 0 aromatic heterocycles. The maximum atomic E-state index is 12.8. The van der Waals surface area contributed by atoms with Gasteiger partial charge in [-0.25, -0.2) is 8.42 Å². The molecule has 114 valence electrons. The highest BCUT2D eigenvalue weighted by Gasteiger charge is 2.28. The van der Waals surface area contributed by atoms with E-state index in [0.717, 1.165) is 24.0 Å². The smallest absolute Gasteiger partial charge is 0.244 e. The van der Waals surface area contributed by atoms with Crippen LogP contribution in [0.1, 0.15) is 37.8 Å². The van der Waals surface area contributed by atoms with Crippen LogP contribution in [0, 0.1) is 6.92 Å². The molecule has 0 amide bonds. The fourth-order valence-corrected chi connectivity index (χ4v) is 4.80. The quantitative estimate of drug-likeness (QED) is 0.845. The molecule has 1 aromatic rings. The molecule has 6 heteroatoms. The Labute approximate surface area is 130 Å². The third kappa shape index (κ3) is 3.42. The zero-order chi connectivity index (χ0) is 15.5. The first-order chi connectivity index (χ1) is 9.29. The third-order valence-electron chi connectivity index (χ3n) is 3.63. The number of rotatable bonds is 6. The molecule has 0 heterocycles. The van der Waals surface area contributed by atoms with Crippen molar-refractivity contribution in [2.75, 3.05) is 7.05 Å². The molecular formula is C14H23BrN2O2S. The van der Waals surface area contributed by atoms with Crippen LogP contribution in [0.2, 0.25) is 0 Å². The van der Waals surface area contributed by atoms with E-state index < -0.39 is 10.0 Å². The molecule has 0 saturated heterocycles. The van der Waals surface area contributed by atoms with Gasteiger partial charge in [-0.15, -0.1) is 0 Å². The van der Waals surface area contributed by atoms with E-state index in [4.69, 9.17) is 5.73 Å². The number of halogens is 1. The largest absolute Gasteiger partial charge is 0.326 e. The van der Waals surface area contributed by atoms with Gasteiger partial charge in [-0.3, -0.25) is 0 Å². The molecule has 1 rings (SSSR count). The van der Waals surface area contributed by atoms with Crippen LogP contribution in [0.3, 0.4) is 0 Å². The summed E-state index contributed by atoms with van der Waals surface area (Å²) >= 11 is 3.39. The minimum absolute atomic E-state index is 0.00809. The molecule has 4 nitrogen and oxygen atoms in total. The van der Waals surface area contributed by atoms with Crippen LogP contribution in [0.4, 0.5) is 0 Å². The van der Waals surface area contributed by atoms with E-state index in [1.807, 2.05) is 26.8 Å². The van der Waals surface area contributed by atoms with E-state index in [1.54, 1.807) is 13.1 Å². The van der Waals surface area contributed by atoms with Gasteiger partial charge in [-0.2, -0.15) is 4.31 Å². The van der Waals surface area contributed by atoms with Gasteiger partial charge < -0.3 is 5.73 Å². The lowest BCUT2D eigenvalue weighted by Gasteiger charge is -2.26. The summed E-state index contributed by atoms with van der Waals surface area (Å²) in [6.07, 6.45) is 1.58. The molecule has 20 heavy (non-hydrogen) atoms. The predicted molar refractivity (Wildman–Crippen MR) is 86.1 cm³/mol. The van der Waals surface area contributed by atoms with Gasteiger partial charge in [0, 0.05) is 24.1 Å². The molecule has 1 aromatic carbocycles. The Kier molecular flexibility index (Phi) is 6.19. The zero-order valence-corrected chi connectivity index (χ0v) is 14.9. The standard InChI is InChI=1S/C14H23BrN2O2S/c1-5-12(6-2)17(4)20(18,19)13-8-11(9-16)7-10(3)14(13)15/h7-8,12H,5-6,9,16H2,1-4H3. The van der Waals surface area contributed by atoms with Crippen LogP contribution in [0.15, 0.2) is 21.5 Å². The summed E-state index contributed by atoms with van der Waals surface area (Å²) in [5, 5.41) is 0. The molecule has 0 radical (unpaired) electrons. The van der Waals surface area contributed by atoms with Crippen molar-refractivity contribution in [2.24, 2.45) is 5.73 Å². The third-order valence-corrected chi connectivity index (χ3v) is 6.88. The van der Waals surface area contributed by atoms with Gasteiger partial charge in [0.05, 0.1) is 4.90 Å². The molecule has 0 unspecified atom stereocenters. The number of hydrogen-bond acceptors (Lipinski definition) is 3. The van der Waals surface area contributed by atoms with Gasteiger partial charge in [0.25, 0.3) is 0 Å². The number of benzene rings is 1.